The molecule has 0 unspecified atom stereocenters. The third-order valence-electron chi connectivity index (χ3n) is 4.14. The van der Waals surface area contributed by atoms with Crippen molar-refractivity contribution < 1.29 is 13.2 Å². The Bertz CT molecular complexity index is 864. The van der Waals surface area contributed by atoms with Gasteiger partial charge in [0.1, 0.15) is 0 Å². The first kappa shape index (κ1) is 19.3. The molecule has 1 heterocycles. The zero-order chi connectivity index (χ0) is 17.2. The Hall–Kier alpha value is -2.05. The molecule has 0 aliphatic carbocycles. The van der Waals surface area contributed by atoms with E-state index in [1.165, 1.54) is 6.26 Å². The number of sulfone groups is 1. The zero-order valence-electron chi connectivity index (χ0n) is 13.9. The molecule has 5 nitrogen and oxygen atoms in total. The molecule has 2 N–H and O–H groups in total. The molecule has 0 bridgehead atoms. The summed E-state index contributed by atoms with van der Waals surface area (Å²) in [4.78, 5) is 12.8. The first-order valence-corrected chi connectivity index (χ1v) is 9.77. The minimum atomic E-state index is -3.20. The second-order valence-electron chi connectivity index (χ2n) is 5.96. The van der Waals surface area contributed by atoms with E-state index in [9.17, 15) is 13.2 Å². The van der Waals surface area contributed by atoms with Crippen LogP contribution in [0, 0.1) is 0 Å². The van der Waals surface area contributed by atoms with E-state index >= 15 is 0 Å². The molecular formula is C18H21ClN2O3S. The third kappa shape index (κ3) is 4.52. The molecule has 0 saturated carbocycles. The summed E-state index contributed by atoms with van der Waals surface area (Å²) in [5.41, 5.74) is 3.66. The Kier molecular flexibility index (Phi) is 6.08. The van der Waals surface area contributed by atoms with E-state index in [2.05, 4.69) is 10.6 Å². The summed E-state index contributed by atoms with van der Waals surface area (Å²) >= 11 is 0. The molecule has 134 valence electrons. The third-order valence-corrected chi connectivity index (χ3v) is 5.27. The number of halogens is 1. The summed E-state index contributed by atoms with van der Waals surface area (Å²) < 4.78 is 22.9. The standard InChI is InChI=1S/C18H20N2O3S.ClH/c1-24(22,23)14-9-7-13(8-10-14)12-20-18(21)16-4-2-6-17-15(16)5-3-11-19-17;/h2,4,6-10,19H,3,5,11-12H2,1H3,(H,20,21);1H. The maximum absolute atomic E-state index is 12.5. The quantitative estimate of drug-likeness (QED) is 0.855. The van der Waals surface area contributed by atoms with Crippen molar-refractivity contribution in [2.75, 3.05) is 18.1 Å². The number of rotatable bonds is 4. The van der Waals surface area contributed by atoms with Gasteiger partial charge in [0.05, 0.1) is 4.90 Å². The molecule has 2 aromatic rings. The van der Waals surface area contributed by atoms with E-state index in [1.54, 1.807) is 24.3 Å². The Labute approximate surface area is 154 Å². The van der Waals surface area contributed by atoms with Crippen LogP contribution in [0.4, 0.5) is 5.69 Å². The lowest BCUT2D eigenvalue weighted by Crippen LogP contribution is -2.25. The Balaban J connectivity index is 0.00000225. The molecule has 0 radical (unpaired) electrons. The van der Waals surface area contributed by atoms with Gasteiger partial charge in [-0.3, -0.25) is 4.79 Å². The summed E-state index contributed by atoms with van der Waals surface area (Å²) in [7, 11) is -3.20. The first-order chi connectivity index (χ1) is 11.4. The van der Waals surface area contributed by atoms with Crippen molar-refractivity contribution in [3.05, 3.63) is 59.2 Å². The fourth-order valence-electron chi connectivity index (χ4n) is 2.85. The average Bonchev–Trinajstić information content (AvgIpc) is 2.59. The molecule has 0 atom stereocenters. The van der Waals surface area contributed by atoms with Crippen LogP contribution in [-0.2, 0) is 22.8 Å². The molecule has 0 aromatic heterocycles. The maximum atomic E-state index is 12.5. The van der Waals surface area contributed by atoms with Gasteiger partial charge < -0.3 is 10.6 Å². The fraction of sp³-hybridized carbons (Fsp3) is 0.278. The highest BCUT2D eigenvalue weighted by Crippen LogP contribution is 2.25. The molecule has 0 spiro atoms. The number of carbonyl (C=O) groups excluding carboxylic acids is 1. The van der Waals surface area contributed by atoms with Gasteiger partial charge in [0, 0.05) is 30.6 Å². The lowest BCUT2D eigenvalue weighted by molar-refractivity contribution is 0.0950. The van der Waals surface area contributed by atoms with Crippen molar-refractivity contribution >= 4 is 33.8 Å². The van der Waals surface area contributed by atoms with Gasteiger partial charge in [-0.1, -0.05) is 18.2 Å². The summed E-state index contributed by atoms with van der Waals surface area (Å²) in [5.74, 6) is -0.109. The van der Waals surface area contributed by atoms with E-state index in [1.807, 2.05) is 18.2 Å². The van der Waals surface area contributed by atoms with Crippen LogP contribution in [0.5, 0.6) is 0 Å². The molecule has 1 amide bonds. The van der Waals surface area contributed by atoms with E-state index in [4.69, 9.17) is 0 Å². The number of amides is 1. The number of benzene rings is 2. The van der Waals surface area contributed by atoms with Crippen molar-refractivity contribution in [2.24, 2.45) is 0 Å². The first-order valence-electron chi connectivity index (χ1n) is 7.88. The van der Waals surface area contributed by atoms with Gasteiger partial charge in [-0.15, -0.1) is 12.4 Å². The summed E-state index contributed by atoms with van der Waals surface area (Å²) in [5, 5.41) is 6.22. The van der Waals surface area contributed by atoms with Crippen LogP contribution < -0.4 is 10.6 Å². The minimum Gasteiger partial charge on any atom is -0.385 e. The lowest BCUT2D eigenvalue weighted by Gasteiger charge is -2.20. The monoisotopic (exact) mass is 380 g/mol. The van der Waals surface area contributed by atoms with Gasteiger partial charge in [-0.25, -0.2) is 8.42 Å². The van der Waals surface area contributed by atoms with Crippen molar-refractivity contribution in [1.82, 2.24) is 5.32 Å². The molecule has 2 aromatic carbocycles. The highest BCUT2D eigenvalue weighted by Gasteiger charge is 2.17. The minimum absolute atomic E-state index is 0. The molecule has 0 saturated heterocycles. The number of hydrogen-bond donors (Lipinski definition) is 2. The molecule has 1 aliphatic heterocycles. The fourth-order valence-corrected chi connectivity index (χ4v) is 3.49. The average molecular weight is 381 g/mol. The number of anilines is 1. The van der Waals surface area contributed by atoms with Crippen LogP contribution >= 0.6 is 12.4 Å². The van der Waals surface area contributed by atoms with E-state index in [0.29, 0.717) is 12.1 Å². The smallest absolute Gasteiger partial charge is 0.251 e. The zero-order valence-corrected chi connectivity index (χ0v) is 15.5. The van der Waals surface area contributed by atoms with Crippen molar-refractivity contribution in [2.45, 2.75) is 24.3 Å². The largest absolute Gasteiger partial charge is 0.385 e. The SMILES string of the molecule is CS(=O)(=O)c1ccc(CNC(=O)c2cccc3c2CCCN3)cc1.Cl. The van der Waals surface area contributed by atoms with Crippen LogP contribution in [0.25, 0.3) is 0 Å². The predicted octanol–water partition coefficient (Wildman–Crippen LogP) is 2.80. The van der Waals surface area contributed by atoms with E-state index in [0.717, 1.165) is 36.2 Å². The van der Waals surface area contributed by atoms with E-state index < -0.39 is 9.84 Å². The predicted molar refractivity (Wildman–Crippen MR) is 101 cm³/mol. The van der Waals surface area contributed by atoms with Crippen molar-refractivity contribution in [3.8, 4) is 0 Å². The molecular weight excluding hydrogens is 360 g/mol. The summed E-state index contributed by atoms with van der Waals surface area (Å²) in [6, 6.07) is 12.3. The normalized spacial score (nSPS) is 13.2. The highest BCUT2D eigenvalue weighted by molar-refractivity contribution is 7.90. The van der Waals surface area contributed by atoms with Gasteiger partial charge in [-0.2, -0.15) is 0 Å². The molecule has 25 heavy (non-hydrogen) atoms. The van der Waals surface area contributed by atoms with Crippen LogP contribution in [-0.4, -0.2) is 27.1 Å². The van der Waals surface area contributed by atoms with E-state index in [-0.39, 0.29) is 23.2 Å². The highest BCUT2D eigenvalue weighted by atomic mass is 35.5. The van der Waals surface area contributed by atoms with Gasteiger partial charge in [-0.05, 0) is 48.2 Å². The molecule has 7 heteroatoms. The van der Waals surface area contributed by atoms with Crippen LogP contribution in [0.2, 0.25) is 0 Å². The second kappa shape index (κ2) is 7.89. The van der Waals surface area contributed by atoms with Gasteiger partial charge >= 0.3 is 0 Å². The molecule has 0 fully saturated rings. The van der Waals surface area contributed by atoms with Crippen LogP contribution in [0.3, 0.4) is 0 Å². The topological polar surface area (TPSA) is 75.3 Å². The summed E-state index contributed by atoms with van der Waals surface area (Å²) in [6.45, 7) is 1.30. The van der Waals surface area contributed by atoms with Gasteiger partial charge in [0.2, 0.25) is 0 Å². The molecule has 3 rings (SSSR count). The molecule has 1 aliphatic rings. The van der Waals surface area contributed by atoms with Crippen molar-refractivity contribution in [1.29, 1.82) is 0 Å². The second-order valence-corrected chi connectivity index (χ2v) is 7.98. The van der Waals surface area contributed by atoms with Crippen LogP contribution in [0.1, 0.15) is 27.9 Å². The number of carbonyl (C=O) groups is 1. The Morgan fingerprint density at radius 2 is 1.88 bits per heavy atom. The number of hydrogen-bond acceptors (Lipinski definition) is 4. The number of fused-ring (bicyclic) bond motifs is 1. The van der Waals surface area contributed by atoms with Crippen LogP contribution in [0.15, 0.2) is 47.4 Å². The van der Waals surface area contributed by atoms with Gasteiger partial charge in [0.15, 0.2) is 9.84 Å². The van der Waals surface area contributed by atoms with Gasteiger partial charge in [0.25, 0.3) is 5.91 Å². The van der Waals surface area contributed by atoms with Crippen molar-refractivity contribution in [3.63, 3.8) is 0 Å². The maximum Gasteiger partial charge on any atom is 0.251 e. The Morgan fingerprint density at radius 1 is 1.16 bits per heavy atom. The number of nitrogens with one attached hydrogen (secondary N) is 2. The lowest BCUT2D eigenvalue weighted by atomic mass is 9.97. The Morgan fingerprint density at radius 3 is 2.56 bits per heavy atom. The summed E-state index contributed by atoms with van der Waals surface area (Å²) in [6.07, 6.45) is 3.09.